The van der Waals surface area contributed by atoms with Crippen molar-refractivity contribution in [1.29, 1.82) is 0 Å². The van der Waals surface area contributed by atoms with Gasteiger partial charge in [-0.1, -0.05) is 0 Å². The molecule has 128 valence electrons. The average molecular weight is 344 g/mol. The molecule has 3 heterocycles. The van der Waals surface area contributed by atoms with Gasteiger partial charge in [0.25, 0.3) is 5.91 Å². The lowest BCUT2D eigenvalue weighted by Gasteiger charge is -2.32. The molecule has 0 aromatic carbocycles. The summed E-state index contributed by atoms with van der Waals surface area (Å²) in [6.45, 7) is 7.26. The molecular weight excluding hydrogens is 320 g/mol. The molecule has 1 saturated heterocycles. The number of primary amides is 1. The number of likely N-dealkylation sites (tertiary alicyclic amines) is 1. The van der Waals surface area contributed by atoms with E-state index in [1.54, 1.807) is 6.07 Å². The zero-order valence-electron chi connectivity index (χ0n) is 14.3. The SMILES string of the molecule is Cc1nc(CC2CCCN(Cc3sccc3C)C2)cc(C(N)=O)n1. The lowest BCUT2D eigenvalue weighted by atomic mass is 9.93. The summed E-state index contributed by atoms with van der Waals surface area (Å²) in [5.41, 5.74) is 7.99. The maximum Gasteiger partial charge on any atom is 0.267 e. The Bertz CT molecular complexity index is 728. The Morgan fingerprint density at radius 2 is 2.25 bits per heavy atom. The minimum atomic E-state index is -0.486. The van der Waals surface area contributed by atoms with Crippen molar-refractivity contribution in [3.05, 3.63) is 45.2 Å². The summed E-state index contributed by atoms with van der Waals surface area (Å²) in [5, 5.41) is 2.17. The highest BCUT2D eigenvalue weighted by Gasteiger charge is 2.22. The normalized spacial score (nSPS) is 18.7. The fraction of sp³-hybridized carbons (Fsp3) is 0.500. The molecule has 1 aliphatic rings. The molecule has 1 aliphatic heterocycles. The number of thiophene rings is 1. The Morgan fingerprint density at radius 1 is 1.42 bits per heavy atom. The Balaban J connectivity index is 1.65. The Labute approximate surface area is 146 Å². The van der Waals surface area contributed by atoms with E-state index < -0.39 is 5.91 Å². The van der Waals surface area contributed by atoms with Crippen LogP contribution in [0.3, 0.4) is 0 Å². The van der Waals surface area contributed by atoms with E-state index in [9.17, 15) is 4.79 Å². The van der Waals surface area contributed by atoms with Crippen molar-refractivity contribution in [2.75, 3.05) is 13.1 Å². The maximum absolute atomic E-state index is 11.4. The van der Waals surface area contributed by atoms with E-state index in [1.807, 2.05) is 18.3 Å². The van der Waals surface area contributed by atoms with Crippen molar-refractivity contribution < 1.29 is 4.79 Å². The number of nitrogens with two attached hydrogens (primary N) is 1. The predicted molar refractivity (Wildman–Crippen MR) is 96.0 cm³/mol. The maximum atomic E-state index is 11.4. The van der Waals surface area contributed by atoms with Crippen molar-refractivity contribution in [2.24, 2.45) is 11.7 Å². The molecule has 1 amide bonds. The average Bonchev–Trinajstić information content (AvgIpc) is 2.92. The van der Waals surface area contributed by atoms with Crippen LogP contribution in [0.1, 0.15) is 45.3 Å². The summed E-state index contributed by atoms with van der Waals surface area (Å²) in [5.74, 6) is 0.692. The standard InChI is InChI=1S/C18H24N4OS/c1-12-5-7-24-17(12)11-22-6-3-4-14(10-22)8-15-9-16(18(19)23)21-13(2)20-15/h5,7,9,14H,3-4,6,8,10-11H2,1-2H3,(H2,19,23). The first kappa shape index (κ1) is 17.0. The molecule has 0 aliphatic carbocycles. The van der Waals surface area contributed by atoms with Crippen LogP contribution in [0, 0.1) is 19.8 Å². The Kier molecular flexibility index (Phi) is 5.26. The van der Waals surface area contributed by atoms with Crippen LogP contribution >= 0.6 is 11.3 Å². The lowest BCUT2D eigenvalue weighted by molar-refractivity contribution is 0.0995. The van der Waals surface area contributed by atoms with Crippen molar-refractivity contribution >= 4 is 17.2 Å². The molecule has 1 atom stereocenters. The minimum Gasteiger partial charge on any atom is -0.364 e. The van der Waals surface area contributed by atoms with Crippen LogP contribution < -0.4 is 5.73 Å². The van der Waals surface area contributed by atoms with E-state index in [2.05, 4.69) is 33.2 Å². The first-order valence-corrected chi connectivity index (χ1v) is 9.29. The topological polar surface area (TPSA) is 72.1 Å². The van der Waals surface area contributed by atoms with Gasteiger partial charge in [-0.15, -0.1) is 11.3 Å². The Hall–Kier alpha value is -1.79. The molecule has 0 saturated carbocycles. The molecule has 24 heavy (non-hydrogen) atoms. The summed E-state index contributed by atoms with van der Waals surface area (Å²) in [7, 11) is 0. The number of carbonyl (C=O) groups excluding carboxylic acids is 1. The van der Waals surface area contributed by atoms with Crippen LogP contribution in [0.2, 0.25) is 0 Å². The molecule has 2 N–H and O–H groups in total. The van der Waals surface area contributed by atoms with Gasteiger partial charge in [0.2, 0.25) is 0 Å². The Morgan fingerprint density at radius 3 is 2.96 bits per heavy atom. The van der Waals surface area contributed by atoms with Crippen molar-refractivity contribution in [2.45, 2.75) is 39.7 Å². The minimum absolute atomic E-state index is 0.319. The van der Waals surface area contributed by atoms with Gasteiger partial charge in [-0.05, 0) is 68.6 Å². The van der Waals surface area contributed by atoms with Crippen molar-refractivity contribution in [3.8, 4) is 0 Å². The highest BCUT2D eigenvalue weighted by Crippen LogP contribution is 2.24. The summed E-state index contributed by atoms with van der Waals surface area (Å²) >= 11 is 1.84. The lowest BCUT2D eigenvalue weighted by Crippen LogP contribution is -2.35. The van der Waals surface area contributed by atoms with E-state index in [-0.39, 0.29) is 0 Å². The van der Waals surface area contributed by atoms with Gasteiger partial charge in [-0.2, -0.15) is 0 Å². The molecular formula is C18H24N4OS. The van der Waals surface area contributed by atoms with Crippen LogP contribution in [0.25, 0.3) is 0 Å². The second kappa shape index (κ2) is 7.40. The van der Waals surface area contributed by atoms with Gasteiger partial charge in [0.1, 0.15) is 11.5 Å². The number of amides is 1. The molecule has 0 radical (unpaired) electrons. The molecule has 2 aromatic heterocycles. The van der Waals surface area contributed by atoms with Gasteiger partial charge in [0.05, 0.1) is 0 Å². The van der Waals surface area contributed by atoms with Crippen LogP contribution in [-0.4, -0.2) is 33.9 Å². The second-order valence-electron chi connectivity index (χ2n) is 6.63. The first-order valence-electron chi connectivity index (χ1n) is 8.41. The number of nitrogens with zero attached hydrogens (tertiary/aromatic N) is 3. The zero-order valence-corrected chi connectivity index (χ0v) is 15.1. The van der Waals surface area contributed by atoms with E-state index in [4.69, 9.17) is 5.73 Å². The predicted octanol–water partition coefficient (Wildman–Crippen LogP) is 2.71. The van der Waals surface area contributed by atoms with Gasteiger partial charge in [0, 0.05) is 23.7 Å². The van der Waals surface area contributed by atoms with Crippen LogP contribution in [0.15, 0.2) is 17.5 Å². The summed E-state index contributed by atoms with van der Waals surface area (Å²) in [6.07, 6.45) is 3.29. The number of aryl methyl sites for hydroxylation is 2. The van der Waals surface area contributed by atoms with E-state index in [0.29, 0.717) is 17.4 Å². The molecule has 5 nitrogen and oxygen atoms in total. The highest BCUT2D eigenvalue weighted by atomic mass is 32.1. The van der Waals surface area contributed by atoms with Gasteiger partial charge in [-0.25, -0.2) is 9.97 Å². The van der Waals surface area contributed by atoms with Crippen LogP contribution in [0.5, 0.6) is 0 Å². The highest BCUT2D eigenvalue weighted by molar-refractivity contribution is 7.10. The molecule has 3 rings (SSSR count). The molecule has 1 fully saturated rings. The third-order valence-electron chi connectivity index (χ3n) is 4.58. The van der Waals surface area contributed by atoms with Gasteiger partial charge >= 0.3 is 0 Å². The number of rotatable bonds is 5. The third-order valence-corrected chi connectivity index (χ3v) is 5.59. The summed E-state index contributed by atoms with van der Waals surface area (Å²) in [4.78, 5) is 24.0. The van der Waals surface area contributed by atoms with Gasteiger partial charge in [-0.3, -0.25) is 9.69 Å². The van der Waals surface area contributed by atoms with E-state index >= 15 is 0 Å². The summed E-state index contributed by atoms with van der Waals surface area (Å²) in [6, 6.07) is 3.94. The number of hydrogen-bond donors (Lipinski definition) is 1. The van der Waals surface area contributed by atoms with Gasteiger partial charge in [0.15, 0.2) is 0 Å². The largest absolute Gasteiger partial charge is 0.364 e. The monoisotopic (exact) mass is 344 g/mol. The smallest absolute Gasteiger partial charge is 0.267 e. The number of hydrogen-bond acceptors (Lipinski definition) is 5. The zero-order chi connectivity index (χ0) is 17.1. The van der Waals surface area contributed by atoms with Crippen molar-refractivity contribution in [1.82, 2.24) is 14.9 Å². The number of aromatic nitrogens is 2. The molecule has 0 bridgehead atoms. The molecule has 0 spiro atoms. The van der Waals surface area contributed by atoms with Crippen LogP contribution in [-0.2, 0) is 13.0 Å². The summed E-state index contributed by atoms with van der Waals surface area (Å²) < 4.78 is 0. The fourth-order valence-corrected chi connectivity index (χ4v) is 4.33. The fourth-order valence-electron chi connectivity index (χ4n) is 3.39. The van der Waals surface area contributed by atoms with Crippen molar-refractivity contribution in [3.63, 3.8) is 0 Å². The number of carbonyl (C=O) groups is 1. The number of piperidine rings is 1. The molecule has 2 aromatic rings. The van der Waals surface area contributed by atoms with Crippen LogP contribution in [0.4, 0.5) is 0 Å². The quantitative estimate of drug-likeness (QED) is 0.905. The van der Waals surface area contributed by atoms with E-state index in [1.165, 1.54) is 23.3 Å². The molecule has 6 heteroatoms. The van der Waals surface area contributed by atoms with E-state index in [0.717, 1.165) is 31.7 Å². The second-order valence-corrected chi connectivity index (χ2v) is 7.63. The third kappa shape index (κ3) is 4.19. The van der Waals surface area contributed by atoms with Gasteiger partial charge < -0.3 is 5.73 Å². The first-order chi connectivity index (χ1) is 11.5. The molecule has 1 unspecified atom stereocenters.